The summed E-state index contributed by atoms with van der Waals surface area (Å²) >= 11 is 1.56. The summed E-state index contributed by atoms with van der Waals surface area (Å²) in [6, 6.07) is -0.107. The molecule has 7 heteroatoms. The number of hydrogen-bond donors (Lipinski definition) is 2. The molecule has 1 aliphatic rings. The fourth-order valence-corrected chi connectivity index (χ4v) is 3.32. The number of nitrogens with zero attached hydrogens (tertiary/aromatic N) is 3. The van der Waals surface area contributed by atoms with E-state index in [1.54, 1.807) is 11.3 Å². The van der Waals surface area contributed by atoms with Crippen LogP contribution in [0.3, 0.4) is 0 Å². The number of fused-ring (bicyclic) bond motifs is 1. The van der Waals surface area contributed by atoms with Crippen LogP contribution in [-0.4, -0.2) is 39.6 Å². The van der Waals surface area contributed by atoms with E-state index < -0.39 is 0 Å². The van der Waals surface area contributed by atoms with Crippen molar-refractivity contribution < 1.29 is 4.79 Å². The van der Waals surface area contributed by atoms with Crippen LogP contribution in [-0.2, 0) is 13.0 Å². The first kappa shape index (κ1) is 14.2. The fourth-order valence-electron chi connectivity index (χ4n) is 2.52. The van der Waals surface area contributed by atoms with Crippen LogP contribution < -0.4 is 5.32 Å². The van der Waals surface area contributed by atoms with Crippen LogP contribution in [0.15, 0.2) is 5.38 Å². The Balaban J connectivity index is 1.75. The number of hydrogen-bond acceptors (Lipinski definition) is 5. The highest BCUT2D eigenvalue weighted by Gasteiger charge is 2.25. The summed E-state index contributed by atoms with van der Waals surface area (Å²) < 4.78 is 0. The summed E-state index contributed by atoms with van der Waals surface area (Å²) in [5.74, 6) is -0.136. The van der Waals surface area contributed by atoms with Crippen LogP contribution in [0.4, 0.5) is 0 Å². The first-order valence-corrected chi connectivity index (χ1v) is 7.90. The van der Waals surface area contributed by atoms with E-state index in [9.17, 15) is 4.79 Å². The smallest absolute Gasteiger partial charge is 0.272 e. The van der Waals surface area contributed by atoms with Crippen LogP contribution in [0.1, 0.15) is 45.4 Å². The number of nitrogens with one attached hydrogen (secondary N) is 2. The van der Waals surface area contributed by atoms with E-state index in [0.29, 0.717) is 5.69 Å². The molecule has 0 radical (unpaired) electrons. The van der Waals surface area contributed by atoms with Crippen LogP contribution in [0.2, 0.25) is 0 Å². The molecule has 0 aliphatic carbocycles. The zero-order valence-electron chi connectivity index (χ0n) is 12.4. The molecule has 0 saturated carbocycles. The molecule has 1 aliphatic heterocycles. The molecule has 3 rings (SSSR count). The Labute approximate surface area is 127 Å². The molecular weight excluding hydrogens is 286 g/mol. The molecule has 0 fully saturated rings. The maximum Gasteiger partial charge on any atom is 0.272 e. The Kier molecular flexibility index (Phi) is 3.77. The van der Waals surface area contributed by atoms with Crippen LogP contribution >= 0.6 is 11.3 Å². The molecule has 21 heavy (non-hydrogen) atoms. The van der Waals surface area contributed by atoms with Crippen molar-refractivity contribution in [3.05, 3.63) is 33.0 Å². The van der Waals surface area contributed by atoms with Crippen molar-refractivity contribution in [1.29, 1.82) is 0 Å². The molecule has 0 bridgehead atoms. The summed E-state index contributed by atoms with van der Waals surface area (Å²) in [4.78, 5) is 19.0. The van der Waals surface area contributed by atoms with Gasteiger partial charge in [-0.05, 0) is 20.9 Å². The zero-order valence-corrected chi connectivity index (χ0v) is 13.3. The van der Waals surface area contributed by atoms with Gasteiger partial charge in [-0.3, -0.25) is 9.89 Å². The van der Waals surface area contributed by atoms with E-state index >= 15 is 0 Å². The first-order chi connectivity index (χ1) is 10.0. The molecule has 2 aromatic heterocycles. The maximum absolute atomic E-state index is 12.4. The van der Waals surface area contributed by atoms with Gasteiger partial charge in [0.15, 0.2) is 5.69 Å². The van der Waals surface area contributed by atoms with Gasteiger partial charge in [-0.25, -0.2) is 4.98 Å². The topological polar surface area (TPSA) is 73.9 Å². The minimum absolute atomic E-state index is 0.107. The predicted octanol–water partition coefficient (Wildman–Crippen LogP) is 1.65. The number of carbonyl (C=O) groups is 1. The Bertz CT molecular complexity index is 662. The van der Waals surface area contributed by atoms with Gasteiger partial charge in [-0.2, -0.15) is 5.10 Å². The number of carbonyl (C=O) groups excluding carboxylic acids is 1. The second-order valence-corrected chi connectivity index (χ2v) is 6.43. The van der Waals surface area contributed by atoms with E-state index in [1.165, 1.54) is 0 Å². The van der Waals surface area contributed by atoms with Gasteiger partial charge < -0.3 is 10.2 Å². The molecule has 1 atom stereocenters. The number of thiazole rings is 1. The predicted molar refractivity (Wildman–Crippen MR) is 81.4 cm³/mol. The van der Waals surface area contributed by atoms with E-state index in [0.717, 1.165) is 41.5 Å². The third kappa shape index (κ3) is 2.84. The lowest BCUT2D eigenvalue weighted by Crippen LogP contribution is -2.31. The van der Waals surface area contributed by atoms with Gasteiger partial charge in [0, 0.05) is 41.8 Å². The zero-order chi connectivity index (χ0) is 15.0. The first-order valence-electron chi connectivity index (χ1n) is 7.02. The SMILES string of the molecule is Cc1csc(C(C)NC(=O)c2n[nH]c3c2CN(C)CC3)n1. The van der Waals surface area contributed by atoms with E-state index in [-0.39, 0.29) is 11.9 Å². The molecule has 1 amide bonds. The largest absolute Gasteiger partial charge is 0.342 e. The molecular formula is C14H19N5OS. The Morgan fingerprint density at radius 3 is 3.10 bits per heavy atom. The van der Waals surface area contributed by atoms with Crippen molar-refractivity contribution in [3.8, 4) is 0 Å². The van der Waals surface area contributed by atoms with Crippen LogP contribution in [0.5, 0.6) is 0 Å². The minimum atomic E-state index is -0.136. The van der Waals surface area contributed by atoms with Crippen molar-refractivity contribution in [2.45, 2.75) is 32.9 Å². The highest BCUT2D eigenvalue weighted by molar-refractivity contribution is 7.09. The van der Waals surface area contributed by atoms with Gasteiger partial charge in [-0.1, -0.05) is 0 Å². The molecule has 2 aromatic rings. The summed E-state index contributed by atoms with van der Waals surface area (Å²) in [5, 5.41) is 13.1. The van der Waals surface area contributed by atoms with Crippen molar-refractivity contribution in [3.63, 3.8) is 0 Å². The van der Waals surface area contributed by atoms with Gasteiger partial charge in [0.2, 0.25) is 0 Å². The van der Waals surface area contributed by atoms with Crippen molar-refractivity contribution in [2.24, 2.45) is 0 Å². The fraction of sp³-hybridized carbons (Fsp3) is 0.500. The lowest BCUT2D eigenvalue weighted by atomic mass is 10.1. The summed E-state index contributed by atoms with van der Waals surface area (Å²) in [6.07, 6.45) is 0.910. The number of likely N-dealkylation sites (N-methyl/N-ethyl adjacent to an activating group) is 1. The Morgan fingerprint density at radius 2 is 2.38 bits per heavy atom. The number of rotatable bonds is 3. The van der Waals surface area contributed by atoms with E-state index in [1.807, 2.05) is 19.2 Å². The molecule has 112 valence electrons. The highest BCUT2D eigenvalue weighted by atomic mass is 32.1. The van der Waals surface area contributed by atoms with Crippen LogP contribution in [0, 0.1) is 6.92 Å². The molecule has 0 aromatic carbocycles. The number of aromatic nitrogens is 3. The van der Waals surface area contributed by atoms with Gasteiger partial charge in [-0.15, -0.1) is 11.3 Å². The van der Waals surface area contributed by atoms with Crippen molar-refractivity contribution in [1.82, 2.24) is 25.4 Å². The molecule has 0 spiro atoms. The molecule has 2 N–H and O–H groups in total. The highest BCUT2D eigenvalue weighted by Crippen LogP contribution is 2.21. The number of aryl methyl sites for hydroxylation is 1. The number of H-pyrrole nitrogens is 1. The lowest BCUT2D eigenvalue weighted by Gasteiger charge is -2.22. The van der Waals surface area contributed by atoms with E-state index in [4.69, 9.17) is 0 Å². The van der Waals surface area contributed by atoms with Crippen molar-refractivity contribution >= 4 is 17.2 Å². The van der Waals surface area contributed by atoms with Gasteiger partial charge in [0.1, 0.15) is 5.01 Å². The Morgan fingerprint density at radius 1 is 1.57 bits per heavy atom. The average Bonchev–Trinajstić information content (AvgIpc) is 3.04. The van der Waals surface area contributed by atoms with Gasteiger partial charge in [0.25, 0.3) is 5.91 Å². The quantitative estimate of drug-likeness (QED) is 0.904. The van der Waals surface area contributed by atoms with Crippen molar-refractivity contribution in [2.75, 3.05) is 13.6 Å². The standard InChI is InChI=1S/C14H19N5OS/c1-8-7-21-14(15-8)9(2)16-13(20)12-10-6-19(3)5-4-11(10)17-18-12/h7,9H,4-6H2,1-3H3,(H,16,20)(H,17,18). The third-order valence-electron chi connectivity index (χ3n) is 3.69. The summed E-state index contributed by atoms with van der Waals surface area (Å²) in [7, 11) is 2.05. The second kappa shape index (κ2) is 5.57. The number of aromatic amines is 1. The molecule has 1 unspecified atom stereocenters. The Hall–Kier alpha value is -1.73. The minimum Gasteiger partial charge on any atom is -0.342 e. The van der Waals surface area contributed by atoms with Gasteiger partial charge in [0.05, 0.1) is 6.04 Å². The third-order valence-corrected chi connectivity index (χ3v) is 4.84. The molecule has 3 heterocycles. The molecule has 0 saturated heterocycles. The summed E-state index contributed by atoms with van der Waals surface area (Å²) in [5.41, 5.74) is 3.59. The normalized spacial score (nSPS) is 16.5. The second-order valence-electron chi connectivity index (χ2n) is 5.54. The van der Waals surface area contributed by atoms with E-state index in [2.05, 4.69) is 32.4 Å². The van der Waals surface area contributed by atoms with Gasteiger partial charge >= 0.3 is 0 Å². The lowest BCUT2D eigenvalue weighted by molar-refractivity contribution is 0.0932. The van der Waals surface area contributed by atoms with Crippen LogP contribution in [0.25, 0.3) is 0 Å². The summed E-state index contributed by atoms with van der Waals surface area (Å²) in [6.45, 7) is 5.65. The number of amides is 1. The average molecular weight is 305 g/mol. The molecule has 6 nitrogen and oxygen atoms in total. The monoisotopic (exact) mass is 305 g/mol. The maximum atomic E-state index is 12.4.